The number of hydrogen-bond donors (Lipinski definition) is 1. The highest BCUT2D eigenvalue weighted by molar-refractivity contribution is 8.13. The van der Waals surface area contributed by atoms with E-state index in [4.69, 9.17) is 15.8 Å². The molecule has 14 heavy (non-hydrogen) atoms. The van der Waals surface area contributed by atoms with Crippen LogP contribution in [-0.2, 0) is 9.05 Å². The van der Waals surface area contributed by atoms with Crippen LogP contribution in [0, 0.1) is 0 Å². The zero-order valence-electron chi connectivity index (χ0n) is 6.49. The van der Waals surface area contributed by atoms with E-state index in [0.29, 0.717) is 6.20 Å². The third-order valence-electron chi connectivity index (χ3n) is 1.38. The first-order chi connectivity index (χ1) is 6.34. The second-order valence-corrected chi connectivity index (χ2v) is 4.82. The number of nitrogens with zero attached hydrogens (tertiary/aromatic N) is 1. The Morgan fingerprint density at radius 1 is 1.43 bits per heavy atom. The van der Waals surface area contributed by atoms with Gasteiger partial charge in [-0.2, -0.15) is 0 Å². The molecule has 0 spiro atoms. The van der Waals surface area contributed by atoms with E-state index in [1.807, 2.05) is 0 Å². The van der Waals surface area contributed by atoms with Gasteiger partial charge in [0.2, 0.25) is 0 Å². The predicted molar refractivity (Wildman–Crippen MR) is 43.9 cm³/mol. The van der Waals surface area contributed by atoms with Crippen molar-refractivity contribution in [2.75, 3.05) is 0 Å². The minimum absolute atomic E-state index is 0.639. The predicted octanol–water partition coefficient (Wildman–Crippen LogP) is 1.65. The molecule has 0 aromatic carbocycles. The Balaban J connectivity index is 3.54. The van der Waals surface area contributed by atoms with Crippen molar-refractivity contribution in [1.82, 2.24) is 4.98 Å². The van der Waals surface area contributed by atoms with Crippen molar-refractivity contribution >= 4 is 19.7 Å². The van der Waals surface area contributed by atoms with Gasteiger partial charge in [-0.05, 0) is 0 Å². The summed E-state index contributed by atoms with van der Waals surface area (Å²) in [6.07, 6.45) is -1.71. The molecule has 0 aliphatic heterocycles. The molecular formula is C6H4ClF2NO3S. The van der Waals surface area contributed by atoms with E-state index in [9.17, 15) is 17.2 Å². The number of rotatable bonds is 2. The van der Waals surface area contributed by atoms with E-state index < -0.39 is 31.7 Å². The normalized spacial score (nSPS) is 12.0. The minimum Gasteiger partial charge on any atom is -0.505 e. The Kier molecular flexibility index (Phi) is 2.91. The summed E-state index contributed by atoms with van der Waals surface area (Å²) in [5.74, 6) is -0.891. The van der Waals surface area contributed by atoms with Gasteiger partial charge in [-0.25, -0.2) is 17.2 Å². The van der Waals surface area contributed by atoms with Crippen LogP contribution in [0.25, 0.3) is 0 Å². The summed E-state index contributed by atoms with van der Waals surface area (Å²) in [7, 11) is 0.457. The van der Waals surface area contributed by atoms with E-state index in [1.165, 1.54) is 0 Å². The highest BCUT2D eigenvalue weighted by Gasteiger charge is 2.25. The molecule has 1 rings (SSSR count). The maximum absolute atomic E-state index is 12.3. The van der Waals surface area contributed by atoms with Crippen LogP contribution >= 0.6 is 10.7 Å². The highest BCUT2D eigenvalue weighted by atomic mass is 35.7. The molecule has 0 radical (unpaired) electrons. The molecule has 0 unspecified atom stereocenters. The largest absolute Gasteiger partial charge is 0.505 e. The molecule has 1 aromatic heterocycles. The zero-order chi connectivity index (χ0) is 10.9. The van der Waals surface area contributed by atoms with Gasteiger partial charge in [0.1, 0.15) is 4.90 Å². The number of pyridine rings is 1. The van der Waals surface area contributed by atoms with Crippen LogP contribution in [0.3, 0.4) is 0 Å². The monoisotopic (exact) mass is 243 g/mol. The van der Waals surface area contributed by atoms with Crippen molar-refractivity contribution in [2.45, 2.75) is 11.3 Å². The third-order valence-corrected chi connectivity index (χ3v) is 2.78. The summed E-state index contributed by atoms with van der Waals surface area (Å²) < 4.78 is 46.2. The summed E-state index contributed by atoms with van der Waals surface area (Å²) in [5, 5.41) is 9.02. The van der Waals surface area contributed by atoms with Crippen molar-refractivity contribution in [2.24, 2.45) is 0 Å². The van der Waals surface area contributed by atoms with Crippen LogP contribution < -0.4 is 0 Å². The number of hydrogen-bond acceptors (Lipinski definition) is 4. The summed E-state index contributed by atoms with van der Waals surface area (Å²) in [6.45, 7) is 0. The Morgan fingerprint density at radius 2 is 2.00 bits per heavy atom. The fourth-order valence-corrected chi connectivity index (χ4v) is 2.10. The molecule has 8 heteroatoms. The van der Waals surface area contributed by atoms with Gasteiger partial charge in [0, 0.05) is 16.9 Å². The summed E-state index contributed by atoms with van der Waals surface area (Å²) in [5.41, 5.74) is -0.917. The molecule has 0 saturated heterocycles. The van der Waals surface area contributed by atoms with Gasteiger partial charge in [0.05, 0.1) is 11.8 Å². The van der Waals surface area contributed by atoms with Crippen LogP contribution in [0.15, 0.2) is 17.3 Å². The Labute approximate surface area is 82.6 Å². The first kappa shape index (κ1) is 11.1. The Bertz CT molecular complexity index is 448. The van der Waals surface area contributed by atoms with Crippen LogP contribution in [-0.4, -0.2) is 18.5 Å². The molecular weight excluding hydrogens is 240 g/mol. The molecule has 0 aliphatic carbocycles. The van der Waals surface area contributed by atoms with Crippen molar-refractivity contribution in [3.63, 3.8) is 0 Å². The van der Waals surface area contributed by atoms with Gasteiger partial charge in [-0.1, -0.05) is 0 Å². The van der Waals surface area contributed by atoms with Crippen molar-refractivity contribution < 1.29 is 22.3 Å². The van der Waals surface area contributed by atoms with Crippen LogP contribution in [0.1, 0.15) is 12.0 Å². The molecule has 4 nitrogen and oxygen atoms in total. The molecule has 0 amide bonds. The van der Waals surface area contributed by atoms with Crippen molar-refractivity contribution in [3.05, 3.63) is 18.0 Å². The molecule has 0 fully saturated rings. The van der Waals surface area contributed by atoms with Crippen LogP contribution in [0.4, 0.5) is 8.78 Å². The lowest BCUT2D eigenvalue weighted by atomic mass is 10.3. The highest BCUT2D eigenvalue weighted by Crippen LogP contribution is 2.33. The number of aromatic hydroxyl groups is 1. The molecule has 1 N–H and O–H groups in total. The second-order valence-electron chi connectivity index (χ2n) is 2.32. The van der Waals surface area contributed by atoms with E-state index in [2.05, 4.69) is 4.98 Å². The fourth-order valence-electron chi connectivity index (χ4n) is 0.874. The van der Waals surface area contributed by atoms with Gasteiger partial charge in [-0.3, -0.25) is 4.98 Å². The topological polar surface area (TPSA) is 67.3 Å². The standard InChI is InChI=1S/C6H4ClF2NO3S/c7-14(12,13)5-3(6(8)9)1-10-2-4(5)11/h1-2,6,11H. The first-order valence-corrected chi connectivity index (χ1v) is 5.54. The maximum atomic E-state index is 12.3. The third kappa shape index (κ3) is 2.10. The second kappa shape index (κ2) is 3.66. The van der Waals surface area contributed by atoms with Crippen molar-refractivity contribution in [1.29, 1.82) is 0 Å². The molecule has 0 bridgehead atoms. The zero-order valence-corrected chi connectivity index (χ0v) is 8.06. The summed E-state index contributed by atoms with van der Waals surface area (Å²) in [6, 6.07) is 0. The van der Waals surface area contributed by atoms with E-state index >= 15 is 0 Å². The molecule has 1 aromatic rings. The summed E-state index contributed by atoms with van der Waals surface area (Å²) >= 11 is 0. The van der Waals surface area contributed by atoms with Gasteiger partial charge in [0.15, 0.2) is 5.75 Å². The first-order valence-electron chi connectivity index (χ1n) is 3.23. The lowest BCUT2D eigenvalue weighted by Crippen LogP contribution is -2.00. The quantitative estimate of drug-likeness (QED) is 0.802. The maximum Gasteiger partial charge on any atom is 0.266 e. The molecule has 0 aliphatic rings. The van der Waals surface area contributed by atoms with E-state index in [0.717, 1.165) is 6.20 Å². The SMILES string of the molecule is O=S(=O)(Cl)c1c(O)cncc1C(F)F. The molecule has 0 saturated carbocycles. The Morgan fingerprint density at radius 3 is 2.36 bits per heavy atom. The number of halogens is 3. The average molecular weight is 244 g/mol. The molecule has 0 atom stereocenters. The van der Waals surface area contributed by atoms with Gasteiger partial charge in [-0.15, -0.1) is 0 Å². The smallest absolute Gasteiger partial charge is 0.266 e. The number of aromatic nitrogens is 1. The lowest BCUT2D eigenvalue weighted by molar-refractivity contribution is 0.146. The van der Waals surface area contributed by atoms with Gasteiger partial charge < -0.3 is 5.11 Å². The Hall–Kier alpha value is -0.950. The fraction of sp³-hybridized carbons (Fsp3) is 0.167. The van der Waals surface area contributed by atoms with Crippen LogP contribution in [0.2, 0.25) is 0 Å². The molecule has 78 valence electrons. The lowest BCUT2D eigenvalue weighted by Gasteiger charge is -2.06. The minimum atomic E-state index is -4.41. The van der Waals surface area contributed by atoms with Crippen molar-refractivity contribution in [3.8, 4) is 5.75 Å². The van der Waals surface area contributed by atoms with E-state index in [1.54, 1.807) is 0 Å². The molecule has 1 heterocycles. The average Bonchev–Trinajstić information content (AvgIpc) is 2.01. The van der Waals surface area contributed by atoms with Gasteiger partial charge >= 0.3 is 0 Å². The summed E-state index contributed by atoms with van der Waals surface area (Å²) in [4.78, 5) is 2.23. The van der Waals surface area contributed by atoms with E-state index in [-0.39, 0.29) is 0 Å². The number of alkyl halides is 2. The van der Waals surface area contributed by atoms with Crippen LogP contribution in [0.5, 0.6) is 5.75 Å². The van der Waals surface area contributed by atoms with Gasteiger partial charge in [0.25, 0.3) is 15.5 Å².